The van der Waals surface area contributed by atoms with Crippen molar-refractivity contribution in [2.24, 2.45) is 0 Å². The number of aryl methyl sites for hydroxylation is 1. The van der Waals surface area contributed by atoms with Gasteiger partial charge in [0.1, 0.15) is 12.2 Å². The average molecular weight is 386 g/mol. The third-order valence-electron chi connectivity index (χ3n) is 4.03. The highest BCUT2D eigenvalue weighted by molar-refractivity contribution is 7.91. The van der Waals surface area contributed by atoms with Crippen LogP contribution in [0.5, 0.6) is 5.75 Å². The van der Waals surface area contributed by atoms with Gasteiger partial charge in [0.05, 0.1) is 10.6 Å². The first kappa shape index (κ1) is 18.9. The van der Waals surface area contributed by atoms with Crippen molar-refractivity contribution < 1.29 is 28.1 Å². The second kappa shape index (κ2) is 7.77. The molecule has 0 atom stereocenters. The summed E-state index contributed by atoms with van der Waals surface area (Å²) < 4.78 is 25.0. The Balaban J connectivity index is 1.65. The molecule has 0 amide bonds. The zero-order valence-corrected chi connectivity index (χ0v) is 15.4. The van der Waals surface area contributed by atoms with Crippen molar-refractivity contribution in [1.29, 1.82) is 0 Å². The van der Waals surface area contributed by atoms with Gasteiger partial charge in [-0.25, -0.2) is 13.2 Å². The van der Waals surface area contributed by atoms with Gasteiger partial charge in [-0.05, 0) is 42.0 Å². The molecule has 3 rings (SSSR count). The SMILES string of the molecule is Cc1ccc2cc(S(=O)(=O)CCOOc3ccccc3C(=O)O)ccc2c1. The van der Waals surface area contributed by atoms with E-state index in [-0.39, 0.29) is 28.6 Å². The quantitative estimate of drug-likeness (QED) is 0.379. The molecule has 0 spiro atoms. The summed E-state index contributed by atoms with van der Waals surface area (Å²) in [5.41, 5.74) is 1.04. The van der Waals surface area contributed by atoms with Crippen LogP contribution in [0.2, 0.25) is 0 Å². The summed E-state index contributed by atoms with van der Waals surface area (Å²) in [5, 5.41) is 10.9. The number of benzene rings is 3. The number of carbonyl (C=O) groups is 1. The molecule has 0 aliphatic carbocycles. The lowest BCUT2D eigenvalue weighted by Gasteiger charge is -2.09. The molecule has 3 aromatic rings. The maximum absolute atomic E-state index is 12.5. The summed E-state index contributed by atoms with van der Waals surface area (Å²) in [6.45, 7) is 1.74. The topological polar surface area (TPSA) is 89.9 Å². The molecule has 7 heteroatoms. The molecule has 0 heterocycles. The summed E-state index contributed by atoms with van der Waals surface area (Å²) >= 11 is 0. The van der Waals surface area contributed by atoms with E-state index in [1.54, 1.807) is 30.3 Å². The maximum atomic E-state index is 12.5. The van der Waals surface area contributed by atoms with Gasteiger partial charge in [0, 0.05) is 0 Å². The molecule has 0 aliphatic heterocycles. The summed E-state index contributed by atoms with van der Waals surface area (Å²) in [4.78, 5) is 21.2. The van der Waals surface area contributed by atoms with Gasteiger partial charge >= 0.3 is 5.97 Å². The van der Waals surface area contributed by atoms with Crippen LogP contribution in [-0.4, -0.2) is 31.9 Å². The normalized spacial score (nSPS) is 11.4. The predicted molar refractivity (Wildman–Crippen MR) is 101 cm³/mol. The number of sulfone groups is 1. The fourth-order valence-corrected chi connectivity index (χ4v) is 3.72. The minimum absolute atomic E-state index is 0.0171. The van der Waals surface area contributed by atoms with E-state index in [0.717, 1.165) is 16.3 Å². The van der Waals surface area contributed by atoms with Crippen molar-refractivity contribution in [3.63, 3.8) is 0 Å². The molecule has 0 fully saturated rings. The summed E-state index contributed by atoms with van der Waals surface area (Å²) in [6, 6.07) is 16.7. The number of carboxylic acids is 1. The molecular weight excluding hydrogens is 368 g/mol. The number of fused-ring (bicyclic) bond motifs is 1. The van der Waals surface area contributed by atoms with Crippen LogP contribution in [0.3, 0.4) is 0 Å². The second-order valence-electron chi connectivity index (χ2n) is 6.04. The van der Waals surface area contributed by atoms with Gasteiger partial charge in [0.15, 0.2) is 15.6 Å². The number of carboxylic acid groups (broad SMARTS) is 1. The van der Waals surface area contributed by atoms with E-state index in [1.807, 2.05) is 25.1 Å². The lowest BCUT2D eigenvalue weighted by molar-refractivity contribution is -0.201. The van der Waals surface area contributed by atoms with Gasteiger partial charge < -0.3 is 9.99 Å². The monoisotopic (exact) mass is 386 g/mol. The van der Waals surface area contributed by atoms with Crippen molar-refractivity contribution in [3.05, 3.63) is 71.8 Å². The molecule has 0 saturated carbocycles. The van der Waals surface area contributed by atoms with Crippen LogP contribution in [0.4, 0.5) is 0 Å². The lowest BCUT2D eigenvalue weighted by Crippen LogP contribution is -2.14. The first-order valence-corrected chi connectivity index (χ1v) is 9.87. The van der Waals surface area contributed by atoms with Gasteiger partial charge in [0.2, 0.25) is 0 Å². The van der Waals surface area contributed by atoms with Crippen LogP contribution < -0.4 is 4.89 Å². The van der Waals surface area contributed by atoms with Gasteiger partial charge in [-0.3, -0.25) is 0 Å². The zero-order valence-electron chi connectivity index (χ0n) is 14.6. The average Bonchev–Trinajstić information content (AvgIpc) is 2.65. The van der Waals surface area contributed by atoms with E-state index in [1.165, 1.54) is 12.1 Å². The lowest BCUT2D eigenvalue weighted by atomic mass is 10.1. The summed E-state index contributed by atoms with van der Waals surface area (Å²) in [5.74, 6) is -1.43. The minimum atomic E-state index is -3.56. The van der Waals surface area contributed by atoms with E-state index in [2.05, 4.69) is 0 Å². The zero-order chi connectivity index (χ0) is 19.4. The summed E-state index contributed by atoms with van der Waals surface area (Å²) in [6.07, 6.45) is 0. The largest absolute Gasteiger partial charge is 0.478 e. The molecule has 1 N–H and O–H groups in total. The van der Waals surface area contributed by atoms with E-state index in [4.69, 9.17) is 14.9 Å². The van der Waals surface area contributed by atoms with Crippen molar-refractivity contribution in [3.8, 4) is 5.75 Å². The van der Waals surface area contributed by atoms with Crippen molar-refractivity contribution >= 4 is 26.6 Å². The predicted octanol–water partition coefficient (Wildman–Crippen LogP) is 3.63. The number of hydrogen-bond donors (Lipinski definition) is 1. The standard InChI is InChI=1S/C20H18O6S/c1-14-6-7-16-13-17(9-8-15(16)12-14)27(23,24)11-10-25-26-19-5-3-2-4-18(19)20(21)22/h2-9,12-13H,10-11H2,1H3,(H,21,22). The Morgan fingerprint density at radius 2 is 1.70 bits per heavy atom. The van der Waals surface area contributed by atoms with Gasteiger partial charge in [-0.1, -0.05) is 42.0 Å². The summed E-state index contributed by atoms with van der Waals surface area (Å²) in [7, 11) is -3.56. The highest BCUT2D eigenvalue weighted by Gasteiger charge is 2.16. The number of para-hydroxylation sites is 1. The van der Waals surface area contributed by atoms with Crippen molar-refractivity contribution in [1.82, 2.24) is 0 Å². The minimum Gasteiger partial charge on any atom is -0.478 e. The van der Waals surface area contributed by atoms with E-state index in [0.29, 0.717) is 0 Å². The Labute approximate surface area is 156 Å². The first-order valence-electron chi connectivity index (χ1n) is 8.22. The molecule has 140 valence electrons. The van der Waals surface area contributed by atoms with E-state index in [9.17, 15) is 13.2 Å². The van der Waals surface area contributed by atoms with E-state index >= 15 is 0 Å². The third-order valence-corrected chi connectivity index (χ3v) is 5.70. The number of hydrogen-bond acceptors (Lipinski definition) is 5. The highest BCUT2D eigenvalue weighted by atomic mass is 32.2. The van der Waals surface area contributed by atoms with Crippen LogP contribution in [0.1, 0.15) is 15.9 Å². The Morgan fingerprint density at radius 1 is 1.00 bits per heavy atom. The molecule has 0 aromatic heterocycles. The molecular formula is C20H18O6S. The molecule has 0 radical (unpaired) electrons. The molecule has 0 saturated heterocycles. The van der Waals surface area contributed by atoms with Crippen LogP contribution >= 0.6 is 0 Å². The molecule has 0 aliphatic rings. The van der Waals surface area contributed by atoms with Crippen LogP contribution in [0, 0.1) is 6.92 Å². The van der Waals surface area contributed by atoms with Crippen LogP contribution in [0.15, 0.2) is 65.6 Å². The van der Waals surface area contributed by atoms with E-state index < -0.39 is 15.8 Å². The molecule has 3 aromatic carbocycles. The van der Waals surface area contributed by atoms with Gasteiger partial charge in [-0.2, -0.15) is 4.89 Å². The number of aromatic carboxylic acids is 1. The maximum Gasteiger partial charge on any atom is 0.339 e. The fourth-order valence-electron chi connectivity index (χ4n) is 2.62. The third kappa shape index (κ3) is 4.45. The molecule has 0 unspecified atom stereocenters. The molecule has 27 heavy (non-hydrogen) atoms. The first-order chi connectivity index (χ1) is 12.9. The van der Waals surface area contributed by atoms with Crippen LogP contribution in [-0.2, 0) is 14.7 Å². The van der Waals surface area contributed by atoms with Crippen LogP contribution in [0.25, 0.3) is 10.8 Å². The molecule has 6 nitrogen and oxygen atoms in total. The smallest absolute Gasteiger partial charge is 0.339 e. The Kier molecular flexibility index (Phi) is 5.43. The van der Waals surface area contributed by atoms with Crippen molar-refractivity contribution in [2.75, 3.05) is 12.4 Å². The Bertz CT molecular complexity index is 1090. The Morgan fingerprint density at radius 3 is 2.48 bits per heavy atom. The fraction of sp³-hybridized carbons (Fsp3) is 0.150. The van der Waals surface area contributed by atoms with Gasteiger partial charge in [-0.15, -0.1) is 0 Å². The second-order valence-corrected chi connectivity index (χ2v) is 8.15. The molecule has 0 bridgehead atoms. The number of rotatable bonds is 7. The highest BCUT2D eigenvalue weighted by Crippen LogP contribution is 2.22. The van der Waals surface area contributed by atoms with Gasteiger partial charge in [0.25, 0.3) is 0 Å². The Hall–Kier alpha value is -2.90. The van der Waals surface area contributed by atoms with Crippen molar-refractivity contribution in [2.45, 2.75) is 11.8 Å².